The molecule has 0 fully saturated rings. The van der Waals surface area contributed by atoms with Gasteiger partial charge in [-0.1, -0.05) is 78.0 Å². The molecule has 4 aromatic rings. The van der Waals surface area contributed by atoms with Gasteiger partial charge in [0.2, 0.25) is 5.91 Å². The number of benzene rings is 3. The lowest BCUT2D eigenvalue weighted by molar-refractivity contribution is -0.113. The normalized spacial score (nSPS) is 10.5. The number of aromatic nitrogens is 1. The molecule has 1 amide bonds. The molecule has 0 atom stereocenters. The molecule has 1 heterocycles. The summed E-state index contributed by atoms with van der Waals surface area (Å²) in [4.78, 5) is 17.5. The first kappa shape index (κ1) is 23.6. The van der Waals surface area contributed by atoms with Crippen molar-refractivity contribution in [1.29, 1.82) is 5.26 Å². The predicted molar refractivity (Wildman–Crippen MR) is 140 cm³/mol. The van der Waals surface area contributed by atoms with Crippen LogP contribution in [-0.2, 0) is 4.79 Å². The fourth-order valence-electron chi connectivity index (χ4n) is 3.54. The van der Waals surface area contributed by atoms with Gasteiger partial charge >= 0.3 is 0 Å². The summed E-state index contributed by atoms with van der Waals surface area (Å²) in [6.45, 7) is 3.94. The van der Waals surface area contributed by atoms with Crippen molar-refractivity contribution in [3.8, 4) is 28.5 Å². The van der Waals surface area contributed by atoms with E-state index in [0.29, 0.717) is 15.6 Å². The molecule has 168 valence electrons. The molecule has 0 saturated heterocycles. The van der Waals surface area contributed by atoms with Crippen LogP contribution in [0, 0.1) is 25.2 Å². The number of rotatable bonds is 6. The minimum Gasteiger partial charge on any atom is -0.325 e. The molecule has 1 aromatic heterocycles. The maximum atomic E-state index is 12.7. The van der Waals surface area contributed by atoms with Crippen molar-refractivity contribution in [2.45, 2.75) is 18.9 Å². The van der Waals surface area contributed by atoms with E-state index in [4.69, 9.17) is 16.6 Å². The van der Waals surface area contributed by atoms with Gasteiger partial charge in [0.1, 0.15) is 11.1 Å². The Morgan fingerprint density at radius 3 is 2.44 bits per heavy atom. The Hall–Kier alpha value is -3.59. The number of aryl methyl sites for hydroxylation is 2. The van der Waals surface area contributed by atoms with Gasteiger partial charge in [0.05, 0.1) is 17.0 Å². The van der Waals surface area contributed by atoms with Crippen LogP contribution in [0.2, 0.25) is 5.02 Å². The Labute approximate surface area is 208 Å². The van der Waals surface area contributed by atoms with Crippen molar-refractivity contribution in [3.05, 3.63) is 101 Å². The molecule has 4 rings (SSSR count). The first-order chi connectivity index (χ1) is 16.4. The fourth-order valence-corrected chi connectivity index (χ4v) is 4.47. The van der Waals surface area contributed by atoms with E-state index in [1.54, 1.807) is 12.1 Å². The number of pyridine rings is 1. The Morgan fingerprint density at radius 2 is 1.74 bits per heavy atom. The summed E-state index contributed by atoms with van der Waals surface area (Å²) >= 11 is 7.34. The minimum absolute atomic E-state index is 0.132. The summed E-state index contributed by atoms with van der Waals surface area (Å²) in [7, 11) is 0. The van der Waals surface area contributed by atoms with Gasteiger partial charge in [0.25, 0.3) is 0 Å². The van der Waals surface area contributed by atoms with E-state index in [2.05, 4.69) is 11.4 Å². The number of hydrogen-bond donors (Lipinski definition) is 1. The standard InChI is InChI=1S/C28H22ClN3OS/c1-18-8-9-19(2)25(14-18)31-27(33)17-34-28-24(16-30)23(20-10-12-22(29)13-11-20)15-26(32-28)21-6-4-3-5-7-21/h3-15H,17H2,1-2H3,(H,31,33). The minimum atomic E-state index is -0.150. The number of amides is 1. The number of thioether (sulfide) groups is 1. The van der Waals surface area contributed by atoms with Crippen molar-refractivity contribution in [1.82, 2.24) is 4.98 Å². The summed E-state index contributed by atoms with van der Waals surface area (Å²) in [6, 6.07) is 27.3. The lowest BCUT2D eigenvalue weighted by Crippen LogP contribution is -2.15. The molecular formula is C28H22ClN3OS. The first-order valence-corrected chi connectivity index (χ1v) is 12.1. The van der Waals surface area contributed by atoms with Crippen molar-refractivity contribution < 1.29 is 4.79 Å². The second kappa shape index (κ2) is 10.6. The molecule has 0 spiro atoms. The van der Waals surface area contributed by atoms with Gasteiger partial charge in [-0.3, -0.25) is 4.79 Å². The van der Waals surface area contributed by atoms with Crippen LogP contribution in [0.25, 0.3) is 22.4 Å². The molecule has 3 aromatic carbocycles. The van der Waals surface area contributed by atoms with E-state index in [9.17, 15) is 10.1 Å². The monoisotopic (exact) mass is 483 g/mol. The van der Waals surface area contributed by atoms with Crippen LogP contribution in [0.3, 0.4) is 0 Å². The van der Waals surface area contributed by atoms with E-state index in [1.807, 2.05) is 80.6 Å². The molecule has 0 aliphatic heterocycles. The number of carbonyl (C=O) groups excluding carboxylic acids is 1. The van der Waals surface area contributed by atoms with Crippen LogP contribution < -0.4 is 5.32 Å². The maximum absolute atomic E-state index is 12.7. The first-order valence-electron chi connectivity index (χ1n) is 10.7. The van der Waals surface area contributed by atoms with Crippen molar-refractivity contribution >= 4 is 35.0 Å². The number of carbonyl (C=O) groups is 1. The maximum Gasteiger partial charge on any atom is 0.234 e. The zero-order chi connectivity index (χ0) is 24.1. The van der Waals surface area contributed by atoms with Crippen LogP contribution >= 0.6 is 23.4 Å². The largest absolute Gasteiger partial charge is 0.325 e. The molecular weight excluding hydrogens is 462 g/mol. The number of anilines is 1. The highest BCUT2D eigenvalue weighted by atomic mass is 35.5. The van der Waals surface area contributed by atoms with Gasteiger partial charge < -0.3 is 5.32 Å². The summed E-state index contributed by atoms with van der Waals surface area (Å²) in [6.07, 6.45) is 0. The second-order valence-electron chi connectivity index (χ2n) is 7.88. The van der Waals surface area contributed by atoms with Gasteiger partial charge in [-0.05, 0) is 54.8 Å². The van der Waals surface area contributed by atoms with E-state index in [1.165, 1.54) is 11.8 Å². The van der Waals surface area contributed by atoms with E-state index in [0.717, 1.165) is 39.2 Å². The highest BCUT2D eigenvalue weighted by Crippen LogP contribution is 2.34. The van der Waals surface area contributed by atoms with Crippen LogP contribution in [0.5, 0.6) is 0 Å². The zero-order valence-corrected chi connectivity index (χ0v) is 20.4. The van der Waals surface area contributed by atoms with Gasteiger partial charge in [-0.15, -0.1) is 0 Å². The summed E-state index contributed by atoms with van der Waals surface area (Å²) in [5.41, 5.74) is 6.59. The van der Waals surface area contributed by atoms with Crippen molar-refractivity contribution in [2.24, 2.45) is 0 Å². The van der Waals surface area contributed by atoms with E-state index >= 15 is 0 Å². The quantitative estimate of drug-likeness (QED) is 0.292. The number of nitriles is 1. The van der Waals surface area contributed by atoms with Crippen molar-refractivity contribution in [2.75, 3.05) is 11.1 Å². The average molecular weight is 484 g/mol. The molecule has 4 nitrogen and oxygen atoms in total. The molecule has 0 unspecified atom stereocenters. The lowest BCUT2D eigenvalue weighted by atomic mass is 9.99. The SMILES string of the molecule is Cc1ccc(C)c(NC(=O)CSc2nc(-c3ccccc3)cc(-c3ccc(Cl)cc3)c2C#N)c1. The highest BCUT2D eigenvalue weighted by Gasteiger charge is 2.17. The molecule has 1 N–H and O–H groups in total. The summed E-state index contributed by atoms with van der Waals surface area (Å²) < 4.78 is 0. The van der Waals surface area contributed by atoms with Crippen LogP contribution in [0.1, 0.15) is 16.7 Å². The molecule has 0 aliphatic carbocycles. The zero-order valence-electron chi connectivity index (χ0n) is 18.8. The fraction of sp³-hybridized carbons (Fsp3) is 0.107. The summed E-state index contributed by atoms with van der Waals surface area (Å²) in [5, 5.41) is 14.1. The number of nitrogens with zero attached hydrogens (tertiary/aromatic N) is 2. The summed E-state index contributed by atoms with van der Waals surface area (Å²) in [5.74, 6) is -0.0181. The Morgan fingerprint density at radius 1 is 1.00 bits per heavy atom. The molecule has 0 saturated carbocycles. The van der Waals surface area contributed by atoms with Crippen LogP contribution in [0.4, 0.5) is 5.69 Å². The van der Waals surface area contributed by atoms with Gasteiger partial charge in [0.15, 0.2) is 0 Å². The Balaban J connectivity index is 1.68. The molecule has 34 heavy (non-hydrogen) atoms. The second-order valence-corrected chi connectivity index (χ2v) is 9.28. The Kier molecular flexibility index (Phi) is 7.32. The Bertz CT molecular complexity index is 1380. The topological polar surface area (TPSA) is 65.8 Å². The number of hydrogen-bond acceptors (Lipinski definition) is 4. The van der Waals surface area contributed by atoms with Crippen LogP contribution in [0.15, 0.2) is 83.9 Å². The average Bonchev–Trinajstić information content (AvgIpc) is 2.85. The highest BCUT2D eigenvalue weighted by molar-refractivity contribution is 8.00. The third-order valence-corrected chi connectivity index (χ3v) is 6.56. The van der Waals surface area contributed by atoms with E-state index < -0.39 is 0 Å². The molecule has 0 bridgehead atoms. The third-order valence-electron chi connectivity index (χ3n) is 5.33. The smallest absolute Gasteiger partial charge is 0.234 e. The lowest BCUT2D eigenvalue weighted by Gasteiger charge is -2.13. The van der Waals surface area contributed by atoms with Crippen LogP contribution in [-0.4, -0.2) is 16.6 Å². The predicted octanol–water partition coefficient (Wildman–Crippen LogP) is 7.29. The van der Waals surface area contributed by atoms with Gasteiger partial charge in [-0.25, -0.2) is 4.98 Å². The number of nitrogens with one attached hydrogen (secondary N) is 1. The molecule has 0 aliphatic rings. The number of halogens is 1. The van der Waals surface area contributed by atoms with E-state index in [-0.39, 0.29) is 11.7 Å². The molecule has 6 heteroatoms. The molecule has 0 radical (unpaired) electrons. The van der Waals surface area contributed by atoms with Crippen molar-refractivity contribution in [3.63, 3.8) is 0 Å². The van der Waals surface area contributed by atoms with Gasteiger partial charge in [0, 0.05) is 21.8 Å². The van der Waals surface area contributed by atoms with Gasteiger partial charge in [-0.2, -0.15) is 5.26 Å². The third kappa shape index (κ3) is 5.48.